The molecule has 6 heteroatoms. The summed E-state index contributed by atoms with van der Waals surface area (Å²) in [4.78, 5) is 0. The van der Waals surface area contributed by atoms with Crippen LogP contribution in [0.3, 0.4) is 0 Å². The van der Waals surface area contributed by atoms with Crippen molar-refractivity contribution >= 4 is 0 Å². The lowest BCUT2D eigenvalue weighted by molar-refractivity contribution is -0.394. The third kappa shape index (κ3) is 1.74. The van der Waals surface area contributed by atoms with Crippen LogP contribution in [0, 0.1) is 0 Å². The van der Waals surface area contributed by atoms with Crippen LogP contribution in [0.2, 0.25) is 0 Å². The summed E-state index contributed by atoms with van der Waals surface area (Å²) in [5.74, 6) is -1.29. The van der Waals surface area contributed by atoms with Crippen LogP contribution >= 0.6 is 0 Å². The normalized spacial score (nSPS) is 13.5. The smallest absolute Gasteiger partial charge is 0.194 e. The molecule has 0 aromatic carbocycles. The standard InChI is InChI=1S/C6H17N3O3/c1-5-6(7(2)10,8(3)11)9(4)12/h10-12H,5H2,1-4H3. The van der Waals surface area contributed by atoms with Crippen LogP contribution in [0.1, 0.15) is 13.3 Å². The summed E-state index contributed by atoms with van der Waals surface area (Å²) in [7, 11) is 4.05. The molecule has 0 amide bonds. The Morgan fingerprint density at radius 3 is 1.17 bits per heavy atom. The van der Waals surface area contributed by atoms with Crippen molar-refractivity contribution < 1.29 is 15.6 Å². The lowest BCUT2D eigenvalue weighted by Gasteiger charge is -2.44. The molecule has 0 bridgehead atoms. The Morgan fingerprint density at radius 1 is 0.917 bits per heavy atom. The molecule has 0 unspecified atom stereocenters. The highest BCUT2D eigenvalue weighted by Crippen LogP contribution is 2.20. The highest BCUT2D eigenvalue weighted by Gasteiger charge is 2.40. The Hall–Kier alpha value is -0.240. The minimum Gasteiger partial charge on any atom is -0.311 e. The second-order valence-electron chi connectivity index (χ2n) is 2.70. The third-order valence-corrected chi connectivity index (χ3v) is 2.03. The molecule has 6 nitrogen and oxygen atoms in total. The van der Waals surface area contributed by atoms with Crippen molar-refractivity contribution in [3.63, 3.8) is 0 Å². The van der Waals surface area contributed by atoms with E-state index >= 15 is 0 Å². The van der Waals surface area contributed by atoms with Gasteiger partial charge in [-0.3, -0.25) is 0 Å². The maximum absolute atomic E-state index is 9.23. The van der Waals surface area contributed by atoms with E-state index < -0.39 is 5.79 Å². The number of nitrogens with zero attached hydrogens (tertiary/aromatic N) is 3. The van der Waals surface area contributed by atoms with Gasteiger partial charge in [0.25, 0.3) is 0 Å². The minimum atomic E-state index is -1.29. The lowest BCUT2D eigenvalue weighted by Crippen LogP contribution is -2.64. The molecular weight excluding hydrogens is 162 g/mol. The van der Waals surface area contributed by atoms with E-state index in [9.17, 15) is 15.6 Å². The summed E-state index contributed by atoms with van der Waals surface area (Å²) in [5.41, 5.74) is 0. The second kappa shape index (κ2) is 4.13. The molecule has 3 N–H and O–H groups in total. The fourth-order valence-electron chi connectivity index (χ4n) is 1.31. The van der Waals surface area contributed by atoms with Crippen molar-refractivity contribution in [1.29, 1.82) is 0 Å². The molecule has 0 aromatic rings. The molecule has 0 spiro atoms. The van der Waals surface area contributed by atoms with Gasteiger partial charge in [-0.25, -0.2) is 0 Å². The van der Waals surface area contributed by atoms with E-state index in [0.29, 0.717) is 6.42 Å². The van der Waals surface area contributed by atoms with Crippen LogP contribution in [0.15, 0.2) is 0 Å². The average molecular weight is 179 g/mol. The summed E-state index contributed by atoms with van der Waals surface area (Å²) in [6, 6.07) is 0. The van der Waals surface area contributed by atoms with E-state index in [2.05, 4.69) is 0 Å². The maximum atomic E-state index is 9.23. The second-order valence-corrected chi connectivity index (χ2v) is 2.70. The third-order valence-electron chi connectivity index (χ3n) is 2.03. The number of hydrogen-bond acceptors (Lipinski definition) is 6. The van der Waals surface area contributed by atoms with E-state index in [0.717, 1.165) is 15.2 Å². The Morgan fingerprint density at radius 2 is 1.17 bits per heavy atom. The van der Waals surface area contributed by atoms with E-state index in [4.69, 9.17) is 0 Å². The van der Waals surface area contributed by atoms with Gasteiger partial charge in [-0.05, 0) is 6.42 Å². The van der Waals surface area contributed by atoms with Gasteiger partial charge in [0.1, 0.15) is 0 Å². The maximum Gasteiger partial charge on any atom is 0.194 e. The number of hydroxylamine groups is 6. The Balaban J connectivity index is 4.77. The fraction of sp³-hybridized carbons (Fsp3) is 1.00. The summed E-state index contributed by atoms with van der Waals surface area (Å²) < 4.78 is 0. The molecule has 0 aliphatic carbocycles. The summed E-state index contributed by atoms with van der Waals surface area (Å²) in [5, 5.41) is 29.9. The first-order valence-corrected chi connectivity index (χ1v) is 3.67. The molecule has 12 heavy (non-hydrogen) atoms. The van der Waals surface area contributed by atoms with Crippen LogP contribution in [-0.4, -0.2) is 57.7 Å². The molecule has 0 atom stereocenters. The van der Waals surface area contributed by atoms with Crippen molar-refractivity contribution in [2.75, 3.05) is 21.1 Å². The van der Waals surface area contributed by atoms with Crippen molar-refractivity contribution in [2.24, 2.45) is 0 Å². The highest BCUT2D eigenvalue weighted by atomic mass is 16.6. The molecule has 0 radical (unpaired) electrons. The zero-order chi connectivity index (χ0) is 9.94. The molecule has 0 fully saturated rings. The quantitative estimate of drug-likeness (QED) is 0.417. The SMILES string of the molecule is CCC(N(C)O)(N(C)O)N(C)O. The average Bonchev–Trinajstić information content (AvgIpc) is 1.86. The first kappa shape index (κ1) is 11.8. The highest BCUT2D eigenvalue weighted by molar-refractivity contribution is 4.72. The fourth-order valence-corrected chi connectivity index (χ4v) is 1.31. The van der Waals surface area contributed by atoms with Crippen molar-refractivity contribution in [2.45, 2.75) is 19.1 Å². The molecule has 0 rings (SSSR count). The van der Waals surface area contributed by atoms with Crippen LogP contribution in [-0.2, 0) is 0 Å². The number of rotatable bonds is 4. The molecule has 0 saturated heterocycles. The van der Waals surface area contributed by atoms with Crippen molar-refractivity contribution in [3.05, 3.63) is 0 Å². The molecule has 0 aromatic heterocycles. The van der Waals surface area contributed by atoms with Gasteiger partial charge in [0.2, 0.25) is 0 Å². The Kier molecular flexibility index (Phi) is 4.04. The van der Waals surface area contributed by atoms with Crippen LogP contribution in [0.5, 0.6) is 0 Å². The lowest BCUT2D eigenvalue weighted by atomic mass is 10.2. The topological polar surface area (TPSA) is 70.4 Å². The molecule has 0 heterocycles. The summed E-state index contributed by atoms with van der Waals surface area (Å²) >= 11 is 0. The minimum absolute atomic E-state index is 0.333. The predicted octanol–water partition coefficient (Wildman–Crippen LogP) is 0.0132. The summed E-state index contributed by atoms with van der Waals surface area (Å²) in [6.45, 7) is 1.73. The van der Waals surface area contributed by atoms with Crippen LogP contribution < -0.4 is 0 Å². The predicted molar refractivity (Wildman–Crippen MR) is 41.7 cm³/mol. The van der Waals surface area contributed by atoms with Gasteiger partial charge < -0.3 is 15.6 Å². The van der Waals surface area contributed by atoms with Gasteiger partial charge in [0.15, 0.2) is 5.79 Å². The van der Waals surface area contributed by atoms with Crippen molar-refractivity contribution in [3.8, 4) is 0 Å². The van der Waals surface area contributed by atoms with Gasteiger partial charge in [-0.1, -0.05) is 6.92 Å². The van der Waals surface area contributed by atoms with E-state index in [1.807, 2.05) is 0 Å². The molecular formula is C6H17N3O3. The zero-order valence-corrected chi connectivity index (χ0v) is 7.89. The first-order chi connectivity index (χ1) is 5.39. The van der Waals surface area contributed by atoms with Crippen molar-refractivity contribution in [1.82, 2.24) is 15.2 Å². The molecule has 0 aliphatic heterocycles. The van der Waals surface area contributed by atoms with E-state index in [-0.39, 0.29) is 0 Å². The Labute approximate surface area is 72.1 Å². The van der Waals surface area contributed by atoms with Crippen LogP contribution in [0.4, 0.5) is 0 Å². The molecule has 0 aliphatic rings. The van der Waals surface area contributed by atoms with E-state index in [1.165, 1.54) is 21.1 Å². The zero-order valence-electron chi connectivity index (χ0n) is 7.89. The molecule has 0 saturated carbocycles. The number of hydrogen-bond donors (Lipinski definition) is 3. The van der Waals surface area contributed by atoms with E-state index in [1.54, 1.807) is 6.92 Å². The Bertz CT molecular complexity index is 116. The van der Waals surface area contributed by atoms with Gasteiger partial charge in [-0.15, -0.1) is 0 Å². The molecule has 74 valence electrons. The van der Waals surface area contributed by atoms with Gasteiger partial charge in [-0.2, -0.15) is 15.2 Å². The summed E-state index contributed by atoms with van der Waals surface area (Å²) in [6.07, 6.45) is 0.333. The monoisotopic (exact) mass is 179 g/mol. The van der Waals surface area contributed by atoms with Gasteiger partial charge in [0, 0.05) is 21.1 Å². The van der Waals surface area contributed by atoms with Crippen LogP contribution in [0.25, 0.3) is 0 Å². The largest absolute Gasteiger partial charge is 0.311 e. The van der Waals surface area contributed by atoms with Gasteiger partial charge >= 0.3 is 0 Å². The van der Waals surface area contributed by atoms with Gasteiger partial charge in [0.05, 0.1) is 0 Å². The first-order valence-electron chi connectivity index (χ1n) is 3.67.